The van der Waals surface area contributed by atoms with Gasteiger partial charge in [-0.05, 0) is 18.1 Å². The van der Waals surface area contributed by atoms with Gasteiger partial charge in [0, 0.05) is 7.11 Å². The van der Waals surface area contributed by atoms with Crippen LogP contribution in [0.1, 0.15) is 5.56 Å². The van der Waals surface area contributed by atoms with Crippen molar-refractivity contribution in [3.63, 3.8) is 0 Å². The molecule has 0 unspecified atom stereocenters. The highest BCUT2D eigenvalue weighted by Gasteiger charge is 2.11. The fraction of sp³-hybridized carbons (Fsp3) is 0.364. The zero-order chi connectivity index (χ0) is 12.7. The second-order valence-corrected chi connectivity index (χ2v) is 5.14. The van der Waals surface area contributed by atoms with Crippen LogP contribution >= 0.6 is 0 Å². The third kappa shape index (κ3) is 4.43. The average molecular weight is 254 g/mol. The lowest BCUT2D eigenvalue weighted by atomic mass is 10.1. The maximum absolute atomic E-state index is 11.5. The minimum Gasteiger partial charge on any atom is -0.384 e. The van der Waals surface area contributed by atoms with Crippen molar-refractivity contribution in [1.82, 2.24) is 0 Å². The van der Waals surface area contributed by atoms with Gasteiger partial charge >= 0.3 is 0 Å². The summed E-state index contributed by atoms with van der Waals surface area (Å²) in [6.07, 6.45) is 0.613. The Labute approximate surface area is 101 Å². The fourth-order valence-corrected chi connectivity index (χ4v) is 2.11. The van der Waals surface area contributed by atoms with Crippen LogP contribution in [-0.4, -0.2) is 27.9 Å². The molecular weight excluding hydrogens is 240 g/mol. The number of rotatable bonds is 6. The number of hydrogen-bond donors (Lipinski definition) is 1. The minimum absolute atomic E-state index is 0.500. The maximum Gasteiger partial charge on any atom is 0.246 e. The number of ether oxygens (including phenoxy) is 1. The Kier molecular flexibility index (Phi) is 4.94. The van der Waals surface area contributed by atoms with Crippen LogP contribution in [0.4, 0.5) is 5.69 Å². The van der Waals surface area contributed by atoms with Crippen molar-refractivity contribution in [3.05, 3.63) is 29.8 Å². The molecule has 1 aromatic rings. The van der Waals surface area contributed by atoms with Gasteiger partial charge in [-0.2, -0.15) is 5.26 Å². The van der Waals surface area contributed by atoms with Crippen molar-refractivity contribution in [2.24, 2.45) is 0 Å². The topological polar surface area (TPSA) is 79.2 Å². The van der Waals surface area contributed by atoms with Gasteiger partial charge in [-0.25, -0.2) is 8.42 Å². The van der Waals surface area contributed by atoms with Crippen LogP contribution in [0, 0.1) is 11.3 Å². The molecule has 5 nitrogen and oxygen atoms in total. The highest BCUT2D eigenvalue weighted by molar-refractivity contribution is 7.92. The molecule has 1 aromatic carbocycles. The lowest BCUT2D eigenvalue weighted by molar-refractivity contribution is 0.202. The van der Waals surface area contributed by atoms with E-state index in [2.05, 4.69) is 4.72 Å². The van der Waals surface area contributed by atoms with E-state index in [0.29, 0.717) is 18.7 Å². The molecule has 92 valence electrons. The first-order chi connectivity index (χ1) is 8.09. The van der Waals surface area contributed by atoms with Crippen molar-refractivity contribution in [3.8, 4) is 6.07 Å². The third-order valence-electron chi connectivity index (χ3n) is 2.11. The van der Waals surface area contributed by atoms with Gasteiger partial charge in [0.25, 0.3) is 0 Å². The standard InChI is InChI=1S/C11H14N2O3S/c1-16-8-6-10-4-2-3-5-11(10)13-17(14,15)9-7-12/h2-5,13H,6,8-9H2,1H3. The molecule has 17 heavy (non-hydrogen) atoms. The number of nitriles is 1. The van der Waals surface area contributed by atoms with E-state index in [-0.39, 0.29) is 0 Å². The summed E-state index contributed by atoms with van der Waals surface area (Å²) in [5.41, 5.74) is 1.34. The molecular formula is C11H14N2O3S. The normalized spacial score (nSPS) is 10.8. The molecule has 0 bridgehead atoms. The van der Waals surface area contributed by atoms with Crippen LogP contribution < -0.4 is 4.72 Å². The molecule has 0 aliphatic heterocycles. The molecule has 0 spiro atoms. The second kappa shape index (κ2) is 6.23. The van der Waals surface area contributed by atoms with E-state index in [0.717, 1.165) is 5.56 Å². The van der Waals surface area contributed by atoms with Crippen LogP contribution in [0.25, 0.3) is 0 Å². The summed E-state index contributed by atoms with van der Waals surface area (Å²) < 4.78 is 30.3. The first kappa shape index (κ1) is 13.5. The van der Waals surface area contributed by atoms with Gasteiger partial charge in [-0.1, -0.05) is 18.2 Å². The van der Waals surface area contributed by atoms with Crippen molar-refractivity contribution < 1.29 is 13.2 Å². The van der Waals surface area contributed by atoms with Crippen LogP contribution in [0.3, 0.4) is 0 Å². The smallest absolute Gasteiger partial charge is 0.246 e. The van der Waals surface area contributed by atoms with Crippen molar-refractivity contribution in [2.45, 2.75) is 6.42 Å². The Bertz CT molecular complexity index is 506. The van der Waals surface area contributed by atoms with E-state index in [1.165, 1.54) is 0 Å². The zero-order valence-electron chi connectivity index (χ0n) is 9.51. The van der Waals surface area contributed by atoms with Crippen LogP contribution in [0.15, 0.2) is 24.3 Å². The Balaban J connectivity index is 2.87. The van der Waals surface area contributed by atoms with E-state index in [9.17, 15) is 8.42 Å². The summed E-state index contributed by atoms with van der Waals surface area (Å²) in [6.45, 7) is 0.511. The van der Waals surface area contributed by atoms with Gasteiger partial charge in [-0.3, -0.25) is 4.72 Å². The van der Waals surface area contributed by atoms with Gasteiger partial charge in [0.15, 0.2) is 5.75 Å². The molecule has 0 aliphatic rings. The number of benzene rings is 1. The molecule has 0 heterocycles. The fourth-order valence-electron chi connectivity index (χ4n) is 1.34. The molecule has 0 fully saturated rings. The SMILES string of the molecule is COCCc1ccccc1NS(=O)(=O)CC#N. The molecule has 0 atom stereocenters. The molecule has 6 heteroatoms. The number of sulfonamides is 1. The monoisotopic (exact) mass is 254 g/mol. The lowest BCUT2D eigenvalue weighted by Crippen LogP contribution is -2.16. The molecule has 0 amide bonds. The van der Waals surface area contributed by atoms with E-state index >= 15 is 0 Å². The first-order valence-corrected chi connectivity index (χ1v) is 6.68. The number of para-hydroxylation sites is 1. The molecule has 0 saturated carbocycles. The van der Waals surface area contributed by atoms with Crippen molar-refractivity contribution >= 4 is 15.7 Å². The number of nitrogens with zero attached hydrogens (tertiary/aromatic N) is 1. The molecule has 1 N–H and O–H groups in total. The summed E-state index contributed by atoms with van der Waals surface area (Å²) >= 11 is 0. The van der Waals surface area contributed by atoms with Gasteiger partial charge in [-0.15, -0.1) is 0 Å². The Morgan fingerprint density at radius 3 is 2.76 bits per heavy atom. The molecule has 0 radical (unpaired) electrons. The Morgan fingerprint density at radius 2 is 2.12 bits per heavy atom. The quantitative estimate of drug-likeness (QED) is 0.825. The highest BCUT2D eigenvalue weighted by atomic mass is 32.2. The van der Waals surface area contributed by atoms with Crippen molar-refractivity contribution in [1.29, 1.82) is 5.26 Å². The predicted molar refractivity (Wildman–Crippen MR) is 65.0 cm³/mol. The minimum atomic E-state index is -3.58. The summed E-state index contributed by atoms with van der Waals surface area (Å²) in [5, 5.41) is 8.40. The predicted octanol–water partition coefficient (Wildman–Crippen LogP) is 1.14. The largest absolute Gasteiger partial charge is 0.384 e. The highest BCUT2D eigenvalue weighted by Crippen LogP contribution is 2.17. The van der Waals surface area contributed by atoms with E-state index in [4.69, 9.17) is 10.00 Å². The van der Waals surface area contributed by atoms with E-state index in [1.807, 2.05) is 12.1 Å². The average Bonchev–Trinajstić information content (AvgIpc) is 2.27. The maximum atomic E-state index is 11.5. The Morgan fingerprint density at radius 1 is 1.41 bits per heavy atom. The van der Waals surface area contributed by atoms with Crippen molar-refractivity contribution in [2.75, 3.05) is 24.2 Å². The first-order valence-electron chi connectivity index (χ1n) is 5.03. The van der Waals surface area contributed by atoms with Crippen LogP contribution in [0.2, 0.25) is 0 Å². The zero-order valence-corrected chi connectivity index (χ0v) is 10.3. The van der Waals surface area contributed by atoms with Crippen LogP contribution in [0.5, 0.6) is 0 Å². The van der Waals surface area contributed by atoms with Gasteiger partial charge < -0.3 is 4.74 Å². The van der Waals surface area contributed by atoms with Gasteiger partial charge in [0.2, 0.25) is 10.0 Å². The van der Waals surface area contributed by atoms with E-state index in [1.54, 1.807) is 25.3 Å². The molecule has 0 saturated heterocycles. The summed E-state index contributed by atoms with van der Waals surface area (Å²) in [7, 11) is -2.00. The second-order valence-electron chi connectivity index (χ2n) is 3.42. The van der Waals surface area contributed by atoms with Crippen LogP contribution in [-0.2, 0) is 21.2 Å². The number of nitrogens with one attached hydrogen (secondary N) is 1. The number of methoxy groups -OCH3 is 1. The number of hydrogen-bond acceptors (Lipinski definition) is 4. The summed E-state index contributed by atoms with van der Waals surface area (Å²) in [5.74, 6) is -0.550. The summed E-state index contributed by atoms with van der Waals surface area (Å²) in [4.78, 5) is 0. The summed E-state index contributed by atoms with van der Waals surface area (Å²) in [6, 6.07) is 8.67. The third-order valence-corrected chi connectivity index (χ3v) is 3.15. The molecule has 0 aliphatic carbocycles. The molecule has 1 rings (SSSR count). The number of anilines is 1. The van der Waals surface area contributed by atoms with Gasteiger partial charge in [0.05, 0.1) is 18.4 Å². The Hall–Kier alpha value is -1.58. The molecule has 0 aromatic heterocycles. The van der Waals surface area contributed by atoms with Gasteiger partial charge in [0.1, 0.15) is 0 Å². The van der Waals surface area contributed by atoms with E-state index < -0.39 is 15.8 Å². The lowest BCUT2D eigenvalue weighted by Gasteiger charge is -2.10.